The molecule has 1 unspecified atom stereocenters. The van der Waals surface area contributed by atoms with Crippen LogP contribution in [0.25, 0.3) is 0 Å². The predicted molar refractivity (Wildman–Crippen MR) is 93.6 cm³/mol. The molecule has 0 aromatic heterocycles. The van der Waals surface area contributed by atoms with Crippen LogP contribution in [0.4, 0.5) is 0 Å². The number of aldehydes is 1. The van der Waals surface area contributed by atoms with Gasteiger partial charge >= 0.3 is 0 Å². The second-order valence-corrected chi connectivity index (χ2v) is 6.68. The van der Waals surface area contributed by atoms with Gasteiger partial charge in [-0.1, -0.05) is 49.8 Å². The van der Waals surface area contributed by atoms with E-state index >= 15 is 0 Å². The molecule has 0 amide bonds. The summed E-state index contributed by atoms with van der Waals surface area (Å²) < 4.78 is 0. The molecule has 0 radical (unpaired) electrons. The minimum Gasteiger partial charge on any atom is -0.389 e. The Hall–Kier alpha value is -1.67. The van der Waals surface area contributed by atoms with Crippen LogP contribution in [0.5, 0.6) is 0 Å². The molecule has 120 valence electrons. The molecule has 0 aliphatic heterocycles. The van der Waals surface area contributed by atoms with Crippen LogP contribution >= 0.6 is 0 Å². The molecule has 2 heteroatoms. The third-order valence-corrected chi connectivity index (χ3v) is 4.26. The fourth-order valence-corrected chi connectivity index (χ4v) is 2.70. The Morgan fingerprint density at radius 2 is 1.82 bits per heavy atom. The predicted octanol–water partition coefficient (Wildman–Crippen LogP) is 4.69. The maximum atomic E-state index is 10.3. The number of rotatable bonds is 5. The molecule has 1 aliphatic rings. The van der Waals surface area contributed by atoms with Gasteiger partial charge in [-0.2, -0.15) is 0 Å². The van der Waals surface area contributed by atoms with Crippen molar-refractivity contribution in [2.75, 3.05) is 0 Å². The van der Waals surface area contributed by atoms with Gasteiger partial charge in [0, 0.05) is 0 Å². The first kappa shape index (κ1) is 18.4. The van der Waals surface area contributed by atoms with Crippen molar-refractivity contribution in [2.45, 2.75) is 53.6 Å². The molecule has 0 spiro atoms. The molecule has 1 atom stereocenters. The van der Waals surface area contributed by atoms with Gasteiger partial charge in [0.2, 0.25) is 0 Å². The number of aliphatic hydroxyl groups excluding tert-OH is 1. The van der Waals surface area contributed by atoms with Gasteiger partial charge in [0.15, 0.2) is 0 Å². The molecule has 0 aromatic rings. The van der Waals surface area contributed by atoms with E-state index in [4.69, 9.17) is 0 Å². The van der Waals surface area contributed by atoms with Crippen molar-refractivity contribution in [1.82, 2.24) is 0 Å². The van der Waals surface area contributed by atoms with Gasteiger partial charge in [0.1, 0.15) is 6.29 Å². The minimum absolute atomic E-state index is 0.110. The lowest BCUT2D eigenvalue weighted by Crippen LogP contribution is -2.27. The quantitative estimate of drug-likeness (QED) is 0.454. The molecular weight excluding hydrogens is 272 g/mol. The smallest absolute Gasteiger partial charge is 0.143 e. The molecule has 1 rings (SSSR count). The first-order valence-electron chi connectivity index (χ1n) is 7.82. The Balaban J connectivity index is 2.88. The molecule has 0 saturated carbocycles. The molecule has 0 bridgehead atoms. The summed E-state index contributed by atoms with van der Waals surface area (Å²) in [6.07, 6.45) is 13.9. The zero-order chi connectivity index (χ0) is 16.8. The zero-order valence-electron chi connectivity index (χ0n) is 14.4. The number of hydrogen-bond acceptors (Lipinski definition) is 2. The second-order valence-electron chi connectivity index (χ2n) is 6.68. The first-order chi connectivity index (χ1) is 10.3. The largest absolute Gasteiger partial charge is 0.389 e. The van der Waals surface area contributed by atoms with Crippen molar-refractivity contribution >= 4 is 6.29 Å². The summed E-state index contributed by atoms with van der Waals surface area (Å²) in [6.45, 7) is 10.4. The molecule has 22 heavy (non-hydrogen) atoms. The second kappa shape index (κ2) is 8.09. The van der Waals surface area contributed by atoms with Crippen molar-refractivity contribution in [2.24, 2.45) is 5.41 Å². The molecule has 2 nitrogen and oxygen atoms in total. The zero-order valence-corrected chi connectivity index (χ0v) is 14.4. The highest BCUT2D eigenvalue weighted by Crippen LogP contribution is 2.40. The Morgan fingerprint density at radius 1 is 1.18 bits per heavy atom. The van der Waals surface area contributed by atoms with Gasteiger partial charge in [-0.25, -0.2) is 0 Å². The van der Waals surface area contributed by atoms with Crippen LogP contribution < -0.4 is 0 Å². The lowest BCUT2D eigenvalue weighted by Gasteiger charge is -2.35. The number of carbonyl (C=O) groups is 1. The molecule has 0 fully saturated rings. The van der Waals surface area contributed by atoms with Crippen molar-refractivity contribution in [1.29, 1.82) is 0 Å². The maximum absolute atomic E-state index is 10.3. The minimum atomic E-state index is -0.312. The summed E-state index contributed by atoms with van der Waals surface area (Å²) in [4.78, 5) is 10.3. The van der Waals surface area contributed by atoms with Gasteiger partial charge in [-0.3, -0.25) is 4.79 Å². The van der Waals surface area contributed by atoms with E-state index < -0.39 is 0 Å². The van der Waals surface area contributed by atoms with Crippen molar-refractivity contribution in [3.05, 3.63) is 58.7 Å². The molecule has 1 aliphatic carbocycles. The highest BCUT2D eigenvalue weighted by atomic mass is 16.3. The average molecular weight is 300 g/mol. The van der Waals surface area contributed by atoms with Gasteiger partial charge in [0.25, 0.3) is 0 Å². The van der Waals surface area contributed by atoms with Gasteiger partial charge in [0.05, 0.1) is 6.10 Å². The third kappa shape index (κ3) is 5.27. The fraction of sp³-hybridized carbons (Fsp3) is 0.450. The van der Waals surface area contributed by atoms with E-state index in [9.17, 15) is 9.90 Å². The van der Waals surface area contributed by atoms with E-state index in [0.717, 1.165) is 35.8 Å². The summed E-state index contributed by atoms with van der Waals surface area (Å²) in [5.74, 6) is 0. The summed E-state index contributed by atoms with van der Waals surface area (Å²) in [7, 11) is 0. The standard InChI is InChI=1S/C20H28O2/c1-15(7-6-8-16(2)12-14-21)9-10-18-17(3)19(22)11-13-20(18,4)5/h6-10,12,14,19,22H,11,13H2,1-5H3/b8-6-,10-9+,15-7+,16-12+. The highest BCUT2D eigenvalue weighted by Gasteiger charge is 2.30. The van der Waals surface area contributed by atoms with Crippen LogP contribution in [0.1, 0.15) is 47.5 Å². The van der Waals surface area contributed by atoms with Crippen molar-refractivity contribution in [3.63, 3.8) is 0 Å². The topological polar surface area (TPSA) is 37.3 Å². The Bertz CT molecular complexity index is 554. The van der Waals surface area contributed by atoms with Crippen LogP contribution in [-0.2, 0) is 4.79 Å². The van der Waals surface area contributed by atoms with Crippen LogP contribution in [0.15, 0.2) is 58.7 Å². The first-order valence-corrected chi connectivity index (χ1v) is 7.82. The lowest BCUT2D eigenvalue weighted by molar-refractivity contribution is -0.104. The number of aliphatic hydroxyl groups is 1. The Labute approximate surface area is 134 Å². The molecule has 0 aromatic carbocycles. The molecule has 1 N–H and O–H groups in total. The maximum Gasteiger partial charge on any atom is 0.143 e. The Kier molecular flexibility index (Phi) is 6.76. The van der Waals surface area contributed by atoms with E-state index in [1.165, 1.54) is 11.6 Å². The summed E-state index contributed by atoms with van der Waals surface area (Å²) >= 11 is 0. The SMILES string of the molecule is CC1=C(/C=C/C(C)=C/C=C\C(C)=C\C=O)C(C)(C)CCC1O. The fourth-order valence-electron chi connectivity index (χ4n) is 2.70. The normalized spacial score (nSPS) is 23.6. The summed E-state index contributed by atoms with van der Waals surface area (Å²) in [5.41, 5.74) is 4.49. The van der Waals surface area contributed by atoms with E-state index in [2.05, 4.69) is 26.0 Å². The number of allylic oxidation sites excluding steroid dienone is 9. The highest BCUT2D eigenvalue weighted by molar-refractivity contribution is 5.66. The average Bonchev–Trinajstić information content (AvgIpc) is 2.43. The van der Waals surface area contributed by atoms with Crippen molar-refractivity contribution in [3.8, 4) is 0 Å². The van der Waals surface area contributed by atoms with Crippen LogP contribution in [-0.4, -0.2) is 17.5 Å². The Morgan fingerprint density at radius 3 is 2.45 bits per heavy atom. The number of carbonyl (C=O) groups excluding carboxylic acids is 1. The van der Waals surface area contributed by atoms with E-state index in [0.29, 0.717) is 0 Å². The van der Waals surface area contributed by atoms with Crippen molar-refractivity contribution < 1.29 is 9.90 Å². The molecule has 0 saturated heterocycles. The van der Waals surface area contributed by atoms with Gasteiger partial charge in [-0.15, -0.1) is 0 Å². The lowest BCUT2D eigenvalue weighted by atomic mass is 9.71. The van der Waals surface area contributed by atoms with Crippen LogP contribution in [0.3, 0.4) is 0 Å². The van der Waals surface area contributed by atoms with E-state index in [1.807, 2.05) is 39.0 Å². The monoisotopic (exact) mass is 300 g/mol. The number of hydrogen-bond donors (Lipinski definition) is 1. The summed E-state index contributed by atoms with van der Waals surface area (Å²) in [5, 5.41) is 10.0. The van der Waals surface area contributed by atoms with Gasteiger partial charge < -0.3 is 5.11 Å². The summed E-state index contributed by atoms with van der Waals surface area (Å²) in [6, 6.07) is 0. The van der Waals surface area contributed by atoms with Crippen LogP contribution in [0, 0.1) is 5.41 Å². The van der Waals surface area contributed by atoms with E-state index in [-0.39, 0.29) is 11.5 Å². The van der Waals surface area contributed by atoms with Crippen LogP contribution in [0.2, 0.25) is 0 Å². The molecule has 0 heterocycles. The molecular formula is C20H28O2. The third-order valence-electron chi connectivity index (χ3n) is 4.26. The van der Waals surface area contributed by atoms with E-state index in [1.54, 1.807) is 0 Å². The van der Waals surface area contributed by atoms with Gasteiger partial charge in [-0.05, 0) is 61.8 Å².